The third-order valence-electron chi connectivity index (χ3n) is 4.97. The maximum atomic E-state index is 13.2. The Morgan fingerprint density at radius 3 is 1.97 bits per heavy atom. The lowest BCUT2D eigenvalue weighted by Crippen LogP contribution is -2.60. The Labute approximate surface area is 206 Å². The van der Waals surface area contributed by atoms with Crippen LogP contribution in [0.4, 0.5) is 4.79 Å². The average molecular weight is 494 g/mol. The maximum Gasteiger partial charge on any atom is 0.405 e. The average Bonchev–Trinajstić information content (AvgIpc) is 2.74. The summed E-state index contributed by atoms with van der Waals surface area (Å²) in [5.41, 5.74) is 2.19. The molecule has 7 N–H and O–H groups in total. The van der Waals surface area contributed by atoms with Crippen LogP contribution in [0.15, 0.2) is 30.3 Å². The molecule has 4 atom stereocenters. The number of benzene rings is 1. The van der Waals surface area contributed by atoms with Crippen LogP contribution in [0.1, 0.15) is 53.5 Å². The van der Waals surface area contributed by atoms with E-state index in [1.54, 1.807) is 31.2 Å². The second kappa shape index (κ2) is 13.6. The van der Waals surface area contributed by atoms with E-state index in [1.807, 2.05) is 46.1 Å². The normalized spacial score (nSPS) is 14.9. The van der Waals surface area contributed by atoms with Crippen molar-refractivity contribution >= 4 is 23.8 Å². The van der Waals surface area contributed by atoms with Crippen LogP contribution in [0.3, 0.4) is 0 Å². The summed E-state index contributed by atoms with van der Waals surface area (Å²) < 4.78 is 5.82. The summed E-state index contributed by atoms with van der Waals surface area (Å²) in [5, 5.41) is 16.7. The van der Waals surface area contributed by atoms with Gasteiger partial charge in [-0.05, 0) is 45.6 Å². The fourth-order valence-electron chi connectivity index (χ4n) is 3.55. The first kappa shape index (κ1) is 29.9. The third kappa shape index (κ3) is 11.2. The summed E-state index contributed by atoms with van der Waals surface area (Å²) >= 11 is 0. The summed E-state index contributed by atoms with van der Waals surface area (Å²) in [7, 11) is 0. The number of carboxylic acid groups (broad SMARTS) is 1. The Morgan fingerprint density at radius 2 is 1.49 bits per heavy atom. The number of hydrogen-bond acceptors (Lipinski definition) is 6. The van der Waals surface area contributed by atoms with Gasteiger partial charge in [0.25, 0.3) is 5.91 Å². The lowest BCUT2D eigenvalue weighted by atomic mass is 10.0. The number of nitrogens with one attached hydrogen (secondary N) is 4. The highest BCUT2D eigenvalue weighted by Crippen LogP contribution is 2.14. The quantitative estimate of drug-likeness (QED) is 0.144. The van der Waals surface area contributed by atoms with Crippen molar-refractivity contribution in [2.45, 2.75) is 84.2 Å². The van der Waals surface area contributed by atoms with Gasteiger partial charge in [0.05, 0.1) is 11.7 Å². The number of amides is 4. The van der Waals surface area contributed by atoms with E-state index < -0.39 is 53.6 Å². The Balaban J connectivity index is 3.08. The van der Waals surface area contributed by atoms with E-state index in [0.29, 0.717) is 0 Å². The SMILES string of the molecule is CC(C)C[C@H](NC(=O)[C@H](Cc1ccccc1)NC(=O)O)C(=O)N[C@H](C(=O)NN)[C@@H](C)OC(C)(C)C. The van der Waals surface area contributed by atoms with Crippen molar-refractivity contribution in [3.63, 3.8) is 0 Å². The molecule has 0 radical (unpaired) electrons. The maximum absolute atomic E-state index is 13.2. The Bertz CT molecular complexity index is 856. The minimum absolute atomic E-state index is 0.0103. The molecule has 1 aromatic carbocycles. The van der Waals surface area contributed by atoms with Crippen LogP contribution in [0.25, 0.3) is 0 Å². The summed E-state index contributed by atoms with van der Waals surface area (Å²) in [6.07, 6.45) is -1.73. The van der Waals surface area contributed by atoms with Crippen molar-refractivity contribution in [2.75, 3.05) is 0 Å². The largest absolute Gasteiger partial charge is 0.465 e. The zero-order valence-corrected chi connectivity index (χ0v) is 21.3. The molecule has 0 aliphatic carbocycles. The molecule has 35 heavy (non-hydrogen) atoms. The molecule has 196 valence electrons. The molecule has 4 amide bonds. The minimum Gasteiger partial charge on any atom is -0.465 e. The van der Waals surface area contributed by atoms with Crippen molar-refractivity contribution in [3.05, 3.63) is 35.9 Å². The number of hydrazine groups is 1. The van der Waals surface area contributed by atoms with Crippen molar-refractivity contribution in [1.29, 1.82) is 0 Å². The highest BCUT2D eigenvalue weighted by Gasteiger charge is 2.34. The molecule has 0 spiro atoms. The number of nitrogens with two attached hydrogens (primary N) is 1. The third-order valence-corrected chi connectivity index (χ3v) is 4.97. The van der Waals surface area contributed by atoms with Gasteiger partial charge in [0.1, 0.15) is 18.1 Å². The van der Waals surface area contributed by atoms with Crippen molar-refractivity contribution < 1.29 is 29.0 Å². The van der Waals surface area contributed by atoms with Gasteiger partial charge in [-0.25, -0.2) is 10.6 Å². The minimum atomic E-state index is -1.36. The fourth-order valence-corrected chi connectivity index (χ4v) is 3.55. The molecule has 0 aliphatic heterocycles. The predicted molar refractivity (Wildman–Crippen MR) is 131 cm³/mol. The Morgan fingerprint density at radius 1 is 0.914 bits per heavy atom. The van der Waals surface area contributed by atoms with Gasteiger partial charge in [-0.2, -0.15) is 0 Å². The molecule has 0 aromatic heterocycles. The van der Waals surface area contributed by atoms with E-state index >= 15 is 0 Å². The summed E-state index contributed by atoms with van der Waals surface area (Å²) in [4.78, 5) is 49.9. The molecule has 0 unspecified atom stereocenters. The fraction of sp³-hybridized carbons (Fsp3) is 0.583. The molecule has 0 saturated heterocycles. The highest BCUT2D eigenvalue weighted by molar-refractivity contribution is 5.94. The van der Waals surface area contributed by atoms with Gasteiger partial charge in [-0.15, -0.1) is 0 Å². The zero-order chi connectivity index (χ0) is 26.8. The molecule has 11 heteroatoms. The van der Waals surface area contributed by atoms with Gasteiger partial charge in [-0.3, -0.25) is 19.8 Å². The van der Waals surface area contributed by atoms with Crippen LogP contribution in [-0.4, -0.2) is 58.8 Å². The zero-order valence-electron chi connectivity index (χ0n) is 21.3. The van der Waals surface area contributed by atoms with Crippen LogP contribution in [0, 0.1) is 5.92 Å². The topological polar surface area (TPSA) is 172 Å². The number of hydrogen-bond donors (Lipinski definition) is 6. The molecule has 0 aliphatic rings. The smallest absolute Gasteiger partial charge is 0.405 e. The van der Waals surface area contributed by atoms with Gasteiger partial charge < -0.3 is 25.8 Å². The first-order valence-corrected chi connectivity index (χ1v) is 11.6. The van der Waals surface area contributed by atoms with Gasteiger partial charge in [0.2, 0.25) is 11.8 Å². The Kier molecular flexibility index (Phi) is 11.6. The van der Waals surface area contributed by atoms with Gasteiger partial charge in [0.15, 0.2) is 0 Å². The first-order chi connectivity index (χ1) is 16.2. The molecular formula is C24H39N5O6. The number of ether oxygens (including phenoxy) is 1. The molecule has 0 saturated carbocycles. The number of carbonyl (C=O) groups excluding carboxylic acids is 3. The van der Waals surface area contributed by atoms with Crippen molar-refractivity contribution in [2.24, 2.45) is 11.8 Å². The monoisotopic (exact) mass is 493 g/mol. The van der Waals surface area contributed by atoms with E-state index in [9.17, 15) is 24.3 Å². The lowest BCUT2D eigenvalue weighted by Gasteiger charge is -2.31. The Hall–Kier alpha value is -3.18. The standard InChI is InChI=1S/C24H39N5O6/c1-14(2)12-17(21(31)28-19(22(32)29-25)15(3)35-24(4,5)6)26-20(30)18(27-23(33)34)13-16-10-8-7-9-11-16/h7-11,14-15,17-19,27H,12-13,25H2,1-6H3,(H,26,30)(H,28,31)(H,29,32)(H,33,34)/t15-,17+,18+,19+/m1/s1. The van der Waals surface area contributed by atoms with Crippen LogP contribution in [0.2, 0.25) is 0 Å². The van der Waals surface area contributed by atoms with Crippen LogP contribution < -0.4 is 27.2 Å². The van der Waals surface area contributed by atoms with Gasteiger partial charge in [-0.1, -0.05) is 44.2 Å². The molecule has 1 aromatic rings. The summed E-state index contributed by atoms with van der Waals surface area (Å²) in [6.45, 7) is 10.8. The second-order valence-corrected chi connectivity index (χ2v) is 9.81. The van der Waals surface area contributed by atoms with Crippen LogP contribution in [-0.2, 0) is 25.5 Å². The molecule has 0 heterocycles. The first-order valence-electron chi connectivity index (χ1n) is 11.6. The molecule has 0 bridgehead atoms. The van der Waals surface area contributed by atoms with E-state index in [-0.39, 0.29) is 18.8 Å². The van der Waals surface area contributed by atoms with Crippen LogP contribution >= 0.6 is 0 Å². The van der Waals surface area contributed by atoms with Crippen LogP contribution in [0.5, 0.6) is 0 Å². The van der Waals surface area contributed by atoms with E-state index in [4.69, 9.17) is 10.6 Å². The molecular weight excluding hydrogens is 454 g/mol. The van der Waals surface area contributed by atoms with Crippen molar-refractivity contribution in [3.8, 4) is 0 Å². The lowest BCUT2D eigenvalue weighted by molar-refractivity contribution is -0.139. The molecule has 0 fully saturated rings. The van der Waals surface area contributed by atoms with E-state index in [1.165, 1.54) is 0 Å². The van der Waals surface area contributed by atoms with E-state index in [2.05, 4.69) is 16.0 Å². The number of rotatable bonds is 12. The predicted octanol–water partition coefficient (Wildman–Crippen LogP) is 1.07. The highest BCUT2D eigenvalue weighted by atomic mass is 16.5. The van der Waals surface area contributed by atoms with Crippen molar-refractivity contribution in [1.82, 2.24) is 21.4 Å². The van der Waals surface area contributed by atoms with E-state index in [0.717, 1.165) is 5.56 Å². The second-order valence-electron chi connectivity index (χ2n) is 9.81. The molecule has 11 nitrogen and oxygen atoms in total. The summed E-state index contributed by atoms with van der Waals surface area (Å²) in [5.74, 6) is 3.40. The summed E-state index contributed by atoms with van der Waals surface area (Å²) in [6, 6.07) is 5.66. The number of carbonyl (C=O) groups is 4. The molecule has 1 rings (SSSR count). The van der Waals surface area contributed by atoms with Gasteiger partial charge in [0, 0.05) is 6.42 Å². The van der Waals surface area contributed by atoms with Gasteiger partial charge >= 0.3 is 6.09 Å².